The molecule has 1 aromatic carbocycles. The molecule has 0 aliphatic rings. The summed E-state index contributed by atoms with van der Waals surface area (Å²) in [5.41, 5.74) is 6.17. The predicted molar refractivity (Wildman–Crippen MR) is 55.2 cm³/mol. The first-order chi connectivity index (χ1) is 6.70. The fourth-order valence-electron chi connectivity index (χ4n) is 1.53. The molecule has 3 heteroatoms. The highest BCUT2D eigenvalue weighted by molar-refractivity contribution is 5.82. The molecule has 0 radical (unpaired) electrons. The number of primary amides is 1. The van der Waals surface area contributed by atoms with Gasteiger partial charge in [0.1, 0.15) is 5.75 Å². The van der Waals surface area contributed by atoms with E-state index in [4.69, 9.17) is 10.5 Å². The van der Waals surface area contributed by atoms with Gasteiger partial charge in [-0.05, 0) is 12.5 Å². The summed E-state index contributed by atoms with van der Waals surface area (Å²) in [6.45, 7) is 1.93. The minimum absolute atomic E-state index is 0.258. The standard InChI is InChI=1S/C11H15NO2/c1-3-8(11(12)13)9-6-4-5-7-10(9)14-2/h4-8H,3H2,1-2H3,(H2,12,13). The van der Waals surface area contributed by atoms with E-state index in [9.17, 15) is 4.79 Å². The van der Waals surface area contributed by atoms with Crippen LogP contribution in [0.3, 0.4) is 0 Å². The molecule has 0 heterocycles. The van der Waals surface area contributed by atoms with Crippen LogP contribution in [-0.2, 0) is 4.79 Å². The summed E-state index contributed by atoms with van der Waals surface area (Å²) in [5, 5.41) is 0. The molecule has 14 heavy (non-hydrogen) atoms. The summed E-state index contributed by atoms with van der Waals surface area (Å²) in [6.07, 6.45) is 0.690. The molecule has 1 atom stereocenters. The molecule has 0 saturated carbocycles. The third-order valence-electron chi connectivity index (χ3n) is 2.27. The van der Waals surface area contributed by atoms with Gasteiger partial charge < -0.3 is 10.5 Å². The number of ether oxygens (including phenoxy) is 1. The Hall–Kier alpha value is -1.51. The number of carbonyl (C=O) groups excluding carboxylic acids is 1. The van der Waals surface area contributed by atoms with E-state index in [1.807, 2.05) is 31.2 Å². The van der Waals surface area contributed by atoms with Crippen molar-refractivity contribution in [2.75, 3.05) is 7.11 Å². The molecule has 0 saturated heterocycles. The molecule has 1 amide bonds. The van der Waals surface area contributed by atoms with Crippen LogP contribution < -0.4 is 10.5 Å². The first-order valence-corrected chi connectivity index (χ1v) is 4.63. The molecule has 0 bridgehead atoms. The molecule has 3 nitrogen and oxygen atoms in total. The molecule has 1 aromatic rings. The Balaban J connectivity index is 3.08. The number of para-hydroxylation sites is 1. The van der Waals surface area contributed by atoms with Crippen LogP contribution in [0, 0.1) is 0 Å². The Kier molecular flexibility index (Phi) is 3.51. The molecule has 0 aromatic heterocycles. The number of nitrogens with two attached hydrogens (primary N) is 1. The lowest BCUT2D eigenvalue weighted by molar-refractivity contribution is -0.119. The average Bonchev–Trinajstić information content (AvgIpc) is 2.19. The number of carbonyl (C=O) groups is 1. The van der Waals surface area contributed by atoms with Crippen molar-refractivity contribution >= 4 is 5.91 Å². The minimum atomic E-state index is -0.308. The Labute approximate surface area is 83.9 Å². The lowest BCUT2D eigenvalue weighted by Gasteiger charge is -2.14. The van der Waals surface area contributed by atoms with Gasteiger partial charge >= 0.3 is 0 Å². The van der Waals surface area contributed by atoms with Gasteiger partial charge in [-0.25, -0.2) is 0 Å². The lowest BCUT2D eigenvalue weighted by Crippen LogP contribution is -2.21. The Morgan fingerprint density at radius 3 is 2.64 bits per heavy atom. The van der Waals surface area contributed by atoms with Crippen molar-refractivity contribution in [1.29, 1.82) is 0 Å². The van der Waals surface area contributed by atoms with Crippen LogP contribution in [-0.4, -0.2) is 13.0 Å². The molecule has 2 N–H and O–H groups in total. The monoisotopic (exact) mass is 193 g/mol. The van der Waals surface area contributed by atoms with Crippen molar-refractivity contribution in [2.45, 2.75) is 19.3 Å². The van der Waals surface area contributed by atoms with Gasteiger partial charge in [-0.15, -0.1) is 0 Å². The van der Waals surface area contributed by atoms with Gasteiger partial charge in [-0.2, -0.15) is 0 Å². The van der Waals surface area contributed by atoms with E-state index in [-0.39, 0.29) is 11.8 Å². The van der Waals surface area contributed by atoms with Gasteiger partial charge in [0.25, 0.3) is 0 Å². The van der Waals surface area contributed by atoms with Gasteiger partial charge in [0.2, 0.25) is 5.91 Å². The highest BCUT2D eigenvalue weighted by Crippen LogP contribution is 2.28. The average molecular weight is 193 g/mol. The van der Waals surface area contributed by atoms with Gasteiger partial charge in [-0.1, -0.05) is 25.1 Å². The highest BCUT2D eigenvalue weighted by atomic mass is 16.5. The maximum Gasteiger partial charge on any atom is 0.225 e. The topological polar surface area (TPSA) is 52.3 Å². The van der Waals surface area contributed by atoms with Crippen molar-refractivity contribution in [3.8, 4) is 5.75 Å². The minimum Gasteiger partial charge on any atom is -0.496 e. The first kappa shape index (κ1) is 10.6. The second-order valence-electron chi connectivity index (χ2n) is 3.11. The third kappa shape index (κ3) is 2.05. The van der Waals surface area contributed by atoms with Gasteiger partial charge in [0.05, 0.1) is 13.0 Å². The maximum atomic E-state index is 11.2. The van der Waals surface area contributed by atoms with Crippen molar-refractivity contribution < 1.29 is 9.53 Å². The quantitative estimate of drug-likeness (QED) is 0.790. The van der Waals surface area contributed by atoms with Crippen molar-refractivity contribution in [1.82, 2.24) is 0 Å². The highest BCUT2D eigenvalue weighted by Gasteiger charge is 2.18. The summed E-state index contributed by atoms with van der Waals surface area (Å²) >= 11 is 0. The van der Waals surface area contributed by atoms with Crippen molar-refractivity contribution in [2.24, 2.45) is 5.73 Å². The van der Waals surface area contributed by atoms with Crippen LogP contribution in [0.25, 0.3) is 0 Å². The van der Waals surface area contributed by atoms with Gasteiger partial charge in [0.15, 0.2) is 0 Å². The van der Waals surface area contributed by atoms with Gasteiger partial charge in [-0.3, -0.25) is 4.79 Å². The Morgan fingerprint density at radius 2 is 2.14 bits per heavy atom. The summed E-state index contributed by atoms with van der Waals surface area (Å²) < 4.78 is 5.17. The third-order valence-corrected chi connectivity index (χ3v) is 2.27. The number of amides is 1. The van der Waals surface area contributed by atoms with E-state index in [1.165, 1.54) is 0 Å². The number of benzene rings is 1. The van der Waals surface area contributed by atoms with Crippen LogP contribution in [0.1, 0.15) is 24.8 Å². The summed E-state index contributed by atoms with van der Waals surface area (Å²) in [4.78, 5) is 11.2. The zero-order valence-electron chi connectivity index (χ0n) is 8.49. The first-order valence-electron chi connectivity index (χ1n) is 4.63. The molecule has 0 aliphatic carbocycles. The zero-order valence-corrected chi connectivity index (χ0v) is 8.49. The van der Waals surface area contributed by atoms with Gasteiger partial charge in [0, 0.05) is 5.56 Å². The van der Waals surface area contributed by atoms with Crippen molar-refractivity contribution in [3.63, 3.8) is 0 Å². The molecule has 1 rings (SSSR count). The van der Waals surface area contributed by atoms with E-state index in [1.54, 1.807) is 7.11 Å². The van der Waals surface area contributed by atoms with E-state index >= 15 is 0 Å². The second-order valence-corrected chi connectivity index (χ2v) is 3.11. The van der Waals surface area contributed by atoms with Crippen LogP contribution >= 0.6 is 0 Å². The molecule has 0 fully saturated rings. The molecule has 76 valence electrons. The number of rotatable bonds is 4. The van der Waals surface area contributed by atoms with Crippen LogP contribution in [0.4, 0.5) is 0 Å². The van der Waals surface area contributed by atoms with Crippen molar-refractivity contribution in [3.05, 3.63) is 29.8 Å². The molecular weight excluding hydrogens is 178 g/mol. The fourth-order valence-corrected chi connectivity index (χ4v) is 1.53. The van der Waals surface area contributed by atoms with Crippen LogP contribution in [0.5, 0.6) is 5.75 Å². The lowest BCUT2D eigenvalue weighted by atomic mass is 9.95. The summed E-state index contributed by atoms with van der Waals surface area (Å²) in [6, 6.07) is 7.46. The molecule has 1 unspecified atom stereocenters. The molecule has 0 aliphatic heterocycles. The maximum absolute atomic E-state index is 11.2. The predicted octanol–water partition coefficient (Wildman–Crippen LogP) is 1.67. The van der Waals surface area contributed by atoms with E-state index in [0.29, 0.717) is 6.42 Å². The molecular formula is C11H15NO2. The Bertz CT molecular complexity index is 323. The fraction of sp³-hybridized carbons (Fsp3) is 0.364. The largest absolute Gasteiger partial charge is 0.496 e. The van der Waals surface area contributed by atoms with E-state index in [2.05, 4.69) is 0 Å². The zero-order chi connectivity index (χ0) is 10.6. The van der Waals surface area contributed by atoms with Crippen LogP contribution in [0.15, 0.2) is 24.3 Å². The number of hydrogen-bond donors (Lipinski definition) is 1. The Morgan fingerprint density at radius 1 is 1.50 bits per heavy atom. The summed E-state index contributed by atoms with van der Waals surface area (Å²) in [5.74, 6) is 0.154. The normalized spacial score (nSPS) is 12.1. The van der Waals surface area contributed by atoms with E-state index < -0.39 is 0 Å². The SMILES string of the molecule is CCC(C(N)=O)c1ccccc1OC. The smallest absolute Gasteiger partial charge is 0.225 e. The number of hydrogen-bond acceptors (Lipinski definition) is 2. The van der Waals surface area contributed by atoms with E-state index in [0.717, 1.165) is 11.3 Å². The number of methoxy groups -OCH3 is 1. The molecule has 0 spiro atoms. The van der Waals surface area contributed by atoms with Crippen LogP contribution in [0.2, 0.25) is 0 Å². The summed E-state index contributed by atoms with van der Waals surface area (Å²) in [7, 11) is 1.59. The second kappa shape index (κ2) is 4.65.